The maximum Gasteiger partial charge on any atom is 0.340 e. The quantitative estimate of drug-likeness (QED) is 0.482. The maximum atomic E-state index is 13.1. The monoisotopic (exact) mass is 412 g/mol. The van der Waals surface area contributed by atoms with Crippen LogP contribution in [0.5, 0.6) is 0 Å². The van der Waals surface area contributed by atoms with Gasteiger partial charge in [-0.3, -0.25) is 4.79 Å². The predicted molar refractivity (Wildman–Crippen MR) is 121 cm³/mol. The number of rotatable bonds is 7. The number of hydrogen-bond acceptors (Lipinski definition) is 3. The normalized spacial score (nSPS) is 15.5. The van der Waals surface area contributed by atoms with Crippen molar-refractivity contribution in [1.29, 1.82) is 0 Å². The van der Waals surface area contributed by atoms with E-state index >= 15 is 0 Å². The number of carbonyl (C=O) groups is 2. The molecule has 1 amide bonds. The van der Waals surface area contributed by atoms with Gasteiger partial charge in [0, 0.05) is 7.26 Å². The van der Waals surface area contributed by atoms with Crippen molar-refractivity contribution in [2.75, 3.05) is 30.4 Å². The van der Waals surface area contributed by atoms with Crippen molar-refractivity contribution in [3.05, 3.63) is 65.2 Å². The van der Waals surface area contributed by atoms with E-state index < -0.39 is 13.2 Å². The van der Waals surface area contributed by atoms with Crippen LogP contribution in [-0.4, -0.2) is 37.0 Å². The molecule has 5 heteroatoms. The maximum absolute atomic E-state index is 13.1. The zero-order valence-corrected chi connectivity index (χ0v) is 18.3. The number of hydrogen-bond donors (Lipinski definition) is 1. The summed E-state index contributed by atoms with van der Waals surface area (Å²) in [5.74, 6) is -0.367. The Bertz CT molecular complexity index is 844. The summed E-state index contributed by atoms with van der Waals surface area (Å²) in [4.78, 5) is 25.5. The molecule has 0 unspecified atom stereocenters. The number of esters is 1. The van der Waals surface area contributed by atoms with Gasteiger partial charge in [0.15, 0.2) is 0 Å². The van der Waals surface area contributed by atoms with Gasteiger partial charge in [-0.2, -0.15) is 0 Å². The first-order valence-corrected chi connectivity index (χ1v) is 13.0. The highest BCUT2D eigenvalue weighted by Crippen LogP contribution is 2.64. The number of benzene rings is 2. The Hall–Kier alpha value is -2.19. The van der Waals surface area contributed by atoms with Crippen LogP contribution in [0.4, 0.5) is 5.69 Å². The number of anilines is 1. The number of amides is 1. The smallest absolute Gasteiger partial charge is 0.340 e. The second kappa shape index (κ2) is 10.0. The molecule has 29 heavy (non-hydrogen) atoms. The van der Waals surface area contributed by atoms with E-state index in [0.717, 1.165) is 11.7 Å². The summed E-state index contributed by atoms with van der Waals surface area (Å²) in [5.41, 5.74) is 3.23. The molecule has 2 aromatic rings. The highest BCUT2D eigenvalue weighted by Gasteiger charge is 2.41. The van der Waals surface area contributed by atoms with Gasteiger partial charge >= 0.3 is 5.97 Å². The molecule has 1 N–H and O–H groups in total. The van der Waals surface area contributed by atoms with Gasteiger partial charge < -0.3 is 10.1 Å². The molecule has 1 fully saturated rings. The minimum Gasteiger partial charge on any atom is -0.462 e. The van der Waals surface area contributed by atoms with Crippen molar-refractivity contribution in [2.45, 2.75) is 39.3 Å². The topological polar surface area (TPSA) is 55.4 Å². The van der Waals surface area contributed by atoms with Crippen LogP contribution >= 0.6 is 7.26 Å². The number of carbonyl (C=O) groups excluding carboxylic acids is 2. The molecule has 0 bridgehead atoms. The summed E-state index contributed by atoms with van der Waals surface area (Å²) in [6.07, 6.45) is 7.65. The zero-order valence-electron chi connectivity index (χ0n) is 17.4. The van der Waals surface area contributed by atoms with E-state index in [1.165, 1.54) is 37.1 Å². The van der Waals surface area contributed by atoms with Crippen molar-refractivity contribution in [3.8, 4) is 0 Å². The van der Waals surface area contributed by atoms with E-state index in [2.05, 4.69) is 29.6 Å². The Morgan fingerprint density at radius 2 is 1.72 bits per heavy atom. The van der Waals surface area contributed by atoms with Crippen LogP contribution in [0.2, 0.25) is 0 Å². The third-order valence-corrected chi connectivity index (χ3v) is 10.2. The van der Waals surface area contributed by atoms with E-state index in [9.17, 15) is 9.59 Å². The number of ether oxygens (including phenoxy) is 1. The first-order valence-electron chi connectivity index (χ1n) is 10.5. The van der Waals surface area contributed by atoms with Crippen LogP contribution in [0.1, 0.15) is 47.7 Å². The molecule has 0 saturated carbocycles. The highest BCUT2D eigenvalue weighted by molar-refractivity contribution is 7.76. The van der Waals surface area contributed by atoms with Crippen molar-refractivity contribution in [3.63, 3.8) is 0 Å². The summed E-state index contributed by atoms with van der Waals surface area (Å²) >= 11 is 0. The van der Waals surface area contributed by atoms with E-state index in [0.29, 0.717) is 24.0 Å². The molecule has 0 aliphatic carbocycles. The number of para-hydroxylation sites is 1. The zero-order chi connectivity index (χ0) is 20.7. The Balaban J connectivity index is 1.78. The fraction of sp³-hybridized carbons (Fsp3) is 0.417. The van der Waals surface area contributed by atoms with Gasteiger partial charge in [-0.15, -0.1) is 0 Å². The van der Waals surface area contributed by atoms with Crippen LogP contribution in [0, 0.1) is 6.92 Å². The predicted octanol–water partition coefficient (Wildman–Crippen LogP) is 5.51. The van der Waals surface area contributed by atoms with Crippen molar-refractivity contribution in [2.24, 2.45) is 0 Å². The summed E-state index contributed by atoms with van der Waals surface area (Å²) < 4.78 is 5.17. The Labute approximate surface area is 174 Å². The second-order valence-corrected chi connectivity index (χ2v) is 12.1. The summed E-state index contributed by atoms with van der Waals surface area (Å²) in [6, 6.07) is 16.0. The lowest BCUT2D eigenvalue weighted by molar-refractivity contribution is -0.113. The fourth-order valence-corrected chi connectivity index (χ4v) is 8.65. The lowest BCUT2D eigenvalue weighted by Crippen LogP contribution is -2.26. The minimum atomic E-state index is -1.40. The molecule has 0 radical (unpaired) electrons. The summed E-state index contributed by atoms with van der Waals surface area (Å²) in [7, 11) is -1.40. The van der Waals surface area contributed by atoms with Gasteiger partial charge in [-0.25, -0.2) is 4.79 Å². The largest absolute Gasteiger partial charge is 0.462 e. The molecular formula is C24H31NO3P+. The van der Waals surface area contributed by atoms with Crippen LogP contribution < -0.4 is 5.32 Å². The van der Waals surface area contributed by atoms with Gasteiger partial charge in [0.2, 0.25) is 0 Å². The fourth-order valence-electron chi connectivity index (χ4n) is 4.22. The molecule has 0 atom stereocenters. The van der Waals surface area contributed by atoms with Gasteiger partial charge in [0.05, 0.1) is 36.3 Å². The van der Waals surface area contributed by atoms with Crippen molar-refractivity contribution < 1.29 is 14.3 Å². The van der Waals surface area contributed by atoms with E-state index in [4.69, 9.17) is 4.74 Å². The molecular weight excluding hydrogens is 381 g/mol. The van der Waals surface area contributed by atoms with Crippen LogP contribution in [-0.2, 0) is 15.7 Å². The third-order valence-electron chi connectivity index (χ3n) is 5.64. The molecule has 0 aromatic heterocycles. The van der Waals surface area contributed by atoms with E-state index in [1.807, 2.05) is 25.1 Å². The van der Waals surface area contributed by atoms with Crippen molar-refractivity contribution in [1.82, 2.24) is 0 Å². The molecule has 4 nitrogen and oxygen atoms in total. The summed E-state index contributed by atoms with van der Waals surface area (Å²) in [5, 5.41) is 3.06. The van der Waals surface area contributed by atoms with Crippen LogP contribution in [0.15, 0.2) is 48.5 Å². The third kappa shape index (κ3) is 5.67. The minimum absolute atomic E-state index is 0.0241. The van der Waals surface area contributed by atoms with E-state index in [1.54, 1.807) is 13.0 Å². The molecule has 1 saturated heterocycles. The molecule has 154 valence electrons. The molecule has 1 heterocycles. The Morgan fingerprint density at radius 3 is 2.41 bits per heavy atom. The lowest BCUT2D eigenvalue weighted by Gasteiger charge is -2.31. The summed E-state index contributed by atoms with van der Waals surface area (Å²) in [6.45, 7) is 4.01. The number of nitrogens with one attached hydrogen (secondary N) is 1. The molecule has 2 aromatic carbocycles. The molecule has 1 aliphatic rings. The SMILES string of the molecule is CCOC(=O)c1cccc(C)c1NC(=O)C[P+]1(Cc2ccccc2)CCCCC1. The van der Waals surface area contributed by atoms with Gasteiger partial charge in [-0.1, -0.05) is 42.5 Å². The molecule has 1 aliphatic heterocycles. The molecule has 0 spiro atoms. The molecule has 3 rings (SSSR count). The Morgan fingerprint density at radius 1 is 1.00 bits per heavy atom. The van der Waals surface area contributed by atoms with Gasteiger partial charge in [0.25, 0.3) is 5.91 Å². The van der Waals surface area contributed by atoms with E-state index in [-0.39, 0.29) is 5.91 Å². The van der Waals surface area contributed by atoms with Crippen LogP contribution in [0.25, 0.3) is 0 Å². The highest BCUT2D eigenvalue weighted by atomic mass is 31.2. The standard InChI is InChI=1S/C24H30NO3P/c1-3-28-24(27)21-14-10-11-19(2)23(21)25-22(26)18-29(15-8-5-9-16-29)17-20-12-6-4-7-13-20/h4,6-7,10-14H,3,5,8-9,15-18H2,1-2H3/p+1. The lowest BCUT2D eigenvalue weighted by atomic mass is 10.1. The first kappa shape index (κ1) is 21.5. The Kier molecular flexibility index (Phi) is 7.44. The van der Waals surface area contributed by atoms with Crippen molar-refractivity contribution >= 4 is 24.8 Å². The van der Waals surface area contributed by atoms with Gasteiger partial charge in [0.1, 0.15) is 6.16 Å². The average Bonchev–Trinajstić information content (AvgIpc) is 2.71. The first-order chi connectivity index (χ1) is 14.0. The van der Waals surface area contributed by atoms with Crippen LogP contribution in [0.3, 0.4) is 0 Å². The second-order valence-electron chi connectivity index (χ2n) is 7.92. The average molecular weight is 412 g/mol. The number of aryl methyl sites for hydroxylation is 1. The van der Waals surface area contributed by atoms with Gasteiger partial charge in [-0.05, 0) is 50.3 Å².